The molecule has 2 nitrogen and oxygen atoms in total. The minimum atomic E-state index is 0. The van der Waals surface area contributed by atoms with Gasteiger partial charge in [-0.3, -0.25) is 0 Å². The van der Waals surface area contributed by atoms with Crippen LogP contribution in [-0.4, -0.2) is 19.7 Å². The van der Waals surface area contributed by atoms with E-state index in [2.05, 4.69) is 12.2 Å². The van der Waals surface area contributed by atoms with Gasteiger partial charge in [0.05, 0.1) is 0 Å². The second kappa shape index (κ2) is 9.81. The highest BCUT2D eigenvalue weighted by Gasteiger charge is 1.90. The molecule has 0 spiro atoms. The number of hydrogen-bond acceptors (Lipinski definition) is 2. The zero-order valence-electron chi connectivity index (χ0n) is 9.24. The van der Waals surface area contributed by atoms with Crippen LogP contribution in [-0.2, 0) is 0 Å². The predicted octanol–water partition coefficient (Wildman–Crippen LogP) is 2.88. The van der Waals surface area contributed by atoms with E-state index in [4.69, 9.17) is 4.74 Å². The molecule has 15 heavy (non-hydrogen) atoms. The number of nitrogens with one attached hydrogen (secondary N) is 1. The third kappa shape index (κ3) is 7.23. The summed E-state index contributed by atoms with van der Waals surface area (Å²) < 4.78 is 5.52. The zero-order valence-corrected chi connectivity index (χ0v) is 10.1. The highest BCUT2D eigenvalue weighted by molar-refractivity contribution is 5.85. The number of rotatable bonds is 7. The SMILES string of the molecule is CCCCNCCOc1ccccc1.Cl. The third-order valence-corrected chi connectivity index (χ3v) is 2.00. The molecule has 0 amide bonds. The fourth-order valence-corrected chi connectivity index (χ4v) is 1.18. The first kappa shape index (κ1) is 14.3. The lowest BCUT2D eigenvalue weighted by molar-refractivity contribution is 0.314. The summed E-state index contributed by atoms with van der Waals surface area (Å²) >= 11 is 0. The molecular weight excluding hydrogens is 210 g/mol. The second-order valence-corrected chi connectivity index (χ2v) is 3.27. The molecule has 0 saturated heterocycles. The molecular formula is C12H20ClNO. The quantitative estimate of drug-likeness (QED) is 0.726. The van der Waals surface area contributed by atoms with Crippen molar-refractivity contribution in [2.24, 2.45) is 0 Å². The number of para-hydroxylation sites is 1. The Morgan fingerprint density at radius 2 is 1.87 bits per heavy atom. The van der Waals surface area contributed by atoms with Crippen molar-refractivity contribution in [1.29, 1.82) is 0 Å². The van der Waals surface area contributed by atoms with Gasteiger partial charge in [0.1, 0.15) is 12.4 Å². The Kier molecular flexibility index (Phi) is 9.33. The standard InChI is InChI=1S/C12H19NO.ClH/c1-2-3-9-13-10-11-14-12-7-5-4-6-8-12;/h4-8,13H,2-3,9-11H2,1H3;1H. The van der Waals surface area contributed by atoms with Crippen molar-refractivity contribution in [3.05, 3.63) is 30.3 Å². The van der Waals surface area contributed by atoms with Crippen LogP contribution < -0.4 is 10.1 Å². The van der Waals surface area contributed by atoms with Crippen molar-refractivity contribution < 1.29 is 4.74 Å². The molecule has 1 aromatic carbocycles. The van der Waals surface area contributed by atoms with Crippen LogP contribution in [0.1, 0.15) is 19.8 Å². The zero-order chi connectivity index (χ0) is 10.1. The molecule has 0 saturated carbocycles. The summed E-state index contributed by atoms with van der Waals surface area (Å²) in [6.45, 7) is 4.96. The van der Waals surface area contributed by atoms with Crippen LogP contribution in [0.3, 0.4) is 0 Å². The molecule has 1 rings (SSSR count). The molecule has 0 aliphatic rings. The van der Waals surface area contributed by atoms with Crippen molar-refractivity contribution in [2.45, 2.75) is 19.8 Å². The maximum absolute atomic E-state index is 5.52. The van der Waals surface area contributed by atoms with E-state index in [-0.39, 0.29) is 12.4 Å². The third-order valence-electron chi connectivity index (χ3n) is 2.00. The lowest BCUT2D eigenvalue weighted by Crippen LogP contribution is -2.21. The Hall–Kier alpha value is -0.730. The molecule has 3 heteroatoms. The lowest BCUT2D eigenvalue weighted by Gasteiger charge is -2.06. The van der Waals surface area contributed by atoms with E-state index < -0.39 is 0 Å². The average molecular weight is 230 g/mol. The molecule has 0 aromatic heterocycles. The van der Waals surface area contributed by atoms with E-state index in [9.17, 15) is 0 Å². The Morgan fingerprint density at radius 1 is 1.13 bits per heavy atom. The first-order chi connectivity index (χ1) is 6.93. The molecule has 0 aliphatic heterocycles. The normalized spacial score (nSPS) is 9.40. The van der Waals surface area contributed by atoms with Crippen LogP contribution in [0.2, 0.25) is 0 Å². The van der Waals surface area contributed by atoms with E-state index >= 15 is 0 Å². The fraction of sp³-hybridized carbons (Fsp3) is 0.500. The van der Waals surface area contributed by atoms with Crippen LogP contribution in [0.4, 0.5) is 0 Å². The van der Waals surface area contributed by atoms with Gasteiger partial charge in [0.2, 0.25) is 0 Å². The van der Waals surface area contributed by atoms with Crippen LogP contribution in [0.25, 0.3) is 0 Å². The molecule has 0 fully saturated rings. The van der Waals surface area contributed by atoms with Crippen molar-refractivity contribution >= 4 is 12.4 Å². The summed E-state index contributed by atoms with van der Waals surface area (Å²) in [5.74, 6) is 0.949. The van der Waals surface area contributed by atoms with Crippen LogP contribution in [0.15, 0.2) is 30.3 Å². The molecule has 1 aromatic rings. The molecule has 0 bridgehead atoms. The molecule has 0 radical (unpaired) electrons. The van der Waals surface area contributed by atoms with Gasteiger partial charge in [0.25, 0.3) is 0 Å². The van der Waals surface area contributed by atoms with Crippen LogP contribution in [0.5, 0.6) is 5.75 Å². The highest BCUT2D eigenvalue weighted by Crippen LogP contribution is 2.07. The summed E-state index contributed by atoms with van der Waals surface area (Å²) in [7, 11) is 0. The van der Waals surface area contributed by atoms with Gasteiger partial charge in [-0.2, -0.15) is 0 Å². The minimum Gasteiger partial charge on any atom is -0.492 e. The molecule has 0 atom stereocenters. The highest BCUT2D eigenvalue weighted by atomic mass is 35.5. The molecule has 1 N–H and O–H groups in total. The van der Waals surface area contributed by atoms with Gasteiger partial charge in [-0.1, -0.05) is 31.5 Å². The average Bonchev–Trinajstić information content (AvgIpc) is 2.25. The van der Waals surface area contributed by atoms with Crippen LogP contribution >= 0.6 is 12.4 Å². The first-order valence-electron chi connectivity index (χ1n) is 5.32. The van der Waals surface area contributed by atoms with Gasteiger partial charge in [-0.15, -0.1) is 12.4 Å². The van der Waals surface area contributed by atoms with E-state index in [1.54, 1.807) is 0 Å². The van der Waals surface area contributed by atoms with Crippen molar-refractivity contribution in [3.8, 4) is 5.75 Å². The van der Waals surface area contributed by atoms with Crippen molar-refractivity contribution in [2.75, 3.05) is 19.7 Å². The van der Waals surface area contributed by atoms with Gasteiger partial charge in [0, 0.05) is 6.54 Å². The Labute approximate surface area is 98.4 Å². The van der Waals surface area contributed by atoms with Gasteiger partial charge in [0.15, 0.2) is 0 Å². The van der Waals surface area contributed by atoms with Crippen molar-refractivity contribution in [3.63, 3.8) is 0 Å². The second-order valence-electron chi connectivity index (χ2n) is 3.27. The number of benzene rings is 1. The molecule has 0 heterocycles. The smallest absolute Gasteiger partial charge is 0.119 e. The topological polar surface area (TPSA) is 21.3 Å². The van der Waals surface area contributed by atoms with Gasteiger partial charge in [-0.25, -0.2) is 0 Å². The fourth-order valence-electron chi connectivity index (χ4n) is 1.18. The number of unbranched alkanes of at least 4 members (excludes halogenated alkanes) is 1. The van der Waals surface area contributed by atoms with E-state index in [1.165, 1.54) is 12.8 Å². The number of hydrogen-bond donors (Lipinski definition) is 1. The van der Waals surface area contributed by atoms with E-state index in [0.717, 1.165) is 25.4 Å². The summed E-state index contributed by atoms with van der Waals surface area (Å²) in [5, 5.41) is 3.33. The monoisotopic (exact) mass is 229 g/mol. The van der Waals surface area contributed by atoms with Gasteiger partial charge < -0.3 is 10.1 Å². The Morgan fingerprint density at radius 3 is 2.53 bits per heavy atom. The summed E-state index contributed by atoms with van der Waals surface area (Å²) in [4.78, 5) is 0. The molecule has 0 unspecified atom stereocenters. The van der Waals surface area contributed by atoms with Gasteiger partial charge >= 0.3 is 0 Å². The molecule has 0 aliphatic carbocycles. The van der Waals surface area contributed by atoms with Crippen molar-refractivity contribution in [1.82, 2.24) is 5.32 Å². The predicted molar refractivity (Wildman–Crippen MR) is 67.0 cm³/mol. The van der Waals surface area contributed by atoms with E-state index in [0.29, 0.717) is 0 Å². The maximum atomic E-state index is 5.52. The first-order valence-corrected chi connectivity index (χ1v) is 5.32. The van der Waals surface area contributed by atoms with Crippen LogP contribution in [0, 0.1) is 0 Å². The maximum Gasteiger partial charge on any atom is 0.119 e. The number of halogens is 1. The minimum absolute atomic E-state index is 0. The largest absolute Gasteiger partial charge is 0.492 e. The molecule has 86 valence electrons. The van der Waals surface area contributed by atoms with E-state index in [1.807, 2.05) is 30.3 Å². The Balaban J connectivity index is 0.00000196. The lowest BCUT2D eigenvalue weighted by atomic mass is 10.3. The summed E-state index contributed by atoms with van der Waals surface area (Å²) in [6, 6.07) is 9.92. The Bertz CT molecular complexity index is 228. The summed E-state index contributed by atoms with van der Waals surface area (Å²) in [6.07, 6.45) is 2.48. The summed E-state index contributed by atoms with van der Waals surface area (Å²) in [5.41, 5.74) is 0. The van der Waals surface area contributed by atoms with Gasteiger partial charge in [-0.05, 0) is 25.1 Å². The number of ether oxygens (including phenoxy) is 1.